The number of rotatable bonds is 10. The predicted molar refractivity (Wildman–Crippen MR) is 146 cm³/mol. The minimum absolute atomic E-state index is 0.0501. The topological polar surface area (TPSA) is 237 Å². The van der Waals surface area contributed by atoms with E-state index in [9.17, 15) is 31.3 Å². The molecule has 3 aromatic rings. The molecule has 0 radical (unpaired) electrons. The fourth-order valence-corrected chi connectivity index (χ4v) is 5.45. The summed E-state index contributed by atoms with van der Waals surface area (Å²) in [6.07, 6.45) is 0.373. The van der Waals surface area contributed by atoms with Crippen molar-refractivity contribution in [1.82, 2.24) is 0 Å². The molecule has 0 atom stereocenters. The minimum Gasteiger partial charge on any atom is -0.465 e. The SMILES string of the molecule is CCCS(=O)(=O)c1ccc(CO)c(N=Nc2c(N)c(N=Nc3ccccc3C(=O)OC)cc(S(=O)(=O)O)c2N)c1. The Labute approximate surface area is 230 Å². The van der Waals surface area contributed by atoms with Crippen molar-refractivity contribution in [2.45, 2.75) is 29.7 Å². The van der Waals surface area contributed by atoms with Crippen LogP contribution in [-0.4, -0.2) is 45.3 Å². The van der Waals surface area contributed by atoms with E-state index in [1.165, 1.54) is 37.4 Å². The highest BCUT2D eigenvalue weighted by Gasteiger charge is 2.23. The van der Waals surface area contributed by atoms with E-state index in [0.717, 1.165) is 6.07 Å². The summed E-state index contributed by atoms with van der Waals surface area (Å²) in [5.74, 6) is -0.818. The summed E-state index contributed by atoms with van der Waals surface area (Å²) in [5, 5.41) is 25.5. The molecule has 0 aromatic heterocycles. The molecule has 3 aromatic carbocycles. The lowest BCUT2D eigenvalue weighted by Crippen LogP contribution is -2.06. The van der Waals surface area contributed by atoms with Gasteiger partial charge in [-0.05, 0) is 36.8 Å². The Bertz CT molecular complexity index is 1720. The molecule has 0 aliphatic carbocycles. The number of anilines is 2. The molecule has 14 nitrogen and oxygen atoms in total. The van der Waals surface area contributed by atoms with E-state index in [2.05, 4.69) is 20.5 Å². The van der Waals surface area contributed by atoms with Crippen LogP contribution in [0.2, 0.25) is 0 Å². The van der Waals surface area contributed by atoms with Crippen LogP contribution < -0.4 is 11.5 Å². The summed E-state index contributed by atoms with van der Waals surface area (Å²) in [6, 6.07) is 10.8. The van der Waals surface area contributed by atoms with E-state index in [4.69, 9.17) is 16.2 Å². The molecule has 6 N–H and O–H groups in total. The summed E-state index contributed by atoms with van der Waals surface area (Å²) in [4.78, 5) is 11.2. The fraction of sp³-hybridized carbons (Fsp3) is 0.208. The third-order valence-corrected chi connectivity index (χ3v) is 8.30. The van der Waals surface area contributed by atoms with Crippen molar-refractivity contribution >= 4 is 60.0 Å². The summed E-state index contributed by atoms with van der Waals surface area (Å²) in [5.41, 5.74) is 10.8. The first kappa shape index (κ1) is 30.3. The van der Waals surface area contributed by atoms with Crippen molar-refractivity contribution in [3.05, 3.63) is 59.7 Å². The molecule has 3 rings (SSSR count). The Morgan fingerprint density at radius 3 is 2.17 bits per heavy atom. The van der Waals surface area contributed by atoms with E-state index < -0.39 is 48.8 Å². The highest BCUT2D eigenvalue weighted by molar-refractivity contribution is 7.91. The van der Waals surface area contributed by atoms with E-state index >= 15 is 0 Å². The van der Waals surface area contributed by atoms with Crippen LogP contribution in [0.3, 0.4) is 0 Å². The Morgan fingerprint density at radius 1 is 0.900 bits per heavy atom. The number of carbonyl (C=O) groups is 1. The molecule has 0 saturated heterocycles. The van der Waals surface area contributed by atoms with Crippen LogP contribution in [-0.2, 0) is 31.3 Å². The molecule has 0 spiro atoms. The predicted octanol–water partition coefficient (Wildman–Crippen LogP) is 4.39. The number of esters is 1. The number of nitrogens with two attached hydrogens (primary N) is 2. The molecular formula is C24H26N6O8S2. The Morgan fingerprint density at radius 2 is 1.55 bits per heavy atom. The zero-order chi connectivity index (χ0) is 29.7. The van der Waals surface area contributed by atoms with Gasteiger partial charge in [0.2, 0.25) is 0 Å². The fourth-order valence-electron chi connectivity index (χ4n) is 3.47. The maximum absolute atomic E-state index is 12.5. The van der Waals surface area contributed by atoms with Crippen molar-refractivity contribution in [2.24, 2.45) is 20.5 Å². The maximum Gasteiger partial charge on any atom is 0.340 e. The highest BCUT2D eigenvalue weighted by atomic mass is 32.2. The van der Waals surface area contributed by atoms with E-state index in [-0.39, 0.29) is 44.5 Å². The van der Waals surface area contributed by atoms with Crippen molar-refractivity contribution in [3.63, 3.8) is 0 Å². The number of hydrogen-bond acceptors (Lipinski definition) is 13. The number of methoxy groups -OCH3 is 1. The molecule has 0 aliphatic heterocycles. The average molecular weight is 591 g/mol. The molecule has 16 heteroatoms. The van der Waals surface area contributed by atoms with Crippen LogP contribution in [0.1, 0.15) is 29.3 Å². The standard InChI is InChI=1S/C24H26N6O8S2/c1-3-10-39(33,34)15-9-8-14(13-31)18(11-15)28-30-23-21(25)19(12-20(22(23)26)40(35,36)37)29-27-17-7-5-4-6-16(17)24(32)38-2/h4-9,11-12,31H,3,10,13,25-26H2,1-2H3,(H,35,36,37). The number of hydrogen-bond donors (Lipinski definition) is 4. The zero-order valence-corrected chi connectivity index (χ0v) is 23.0. The van der Waals surface area contributed by atoms with Gasteiger partial charge in [-0.15, -0.1) is 20.5 Å². The zero-order valence-electron chi connectivity index (χ0n) is 21.3. The molecular weight excluding hydrogens is 564 g/mol. The number of aliphatic hydroxyl groups excluding tert-OH is 1. The number of nitrogens with zero attached hydrogens (tertiary/aromatic N) is 4. The monoisotopic (exact) mass is 590 g/mol. The van der Waals surface area contributed by atoms with Gasteiger partial charge in [-0.2, -0.15) is 8.42 Å². The molecule has 0 bridgehead atoms. The molecule has 0 fully saturated rings. The van der Waals surface area contributed by atoms with E-state index in [1.807, 2.05) is 0 Å². The van der Waals surface area contributed by atoms with Crippen LogP contribution in [0.25, 0.3) is 0 Å². The van der Waals surface area contributed by atoms with Gasteiger partial charge in [-0.1, -0.05) is 25.1 Å². The van der Waals surface area contributed by atoms with Gasteiger partial charge in [0.1, 0.15) is 22.0 Å². The lowest BCUT2D eigenvalue weighted by Gasteiger charge is -2.11. The van der Waals surface area contributed by atoms with Gasteiger partial charge >= 0.3 is 5.97 Å². The van der Waals surface area contributed by atoms with Crippen LogP contribution in [0.15, 0.2) is 78.8 Å². The minimum atomic E-state index is -4.91. The smallest absolute Gasteiger partial charge is 0.340 e. The molecule has 0 heterocycles. The van der Waals surface area contributed by atoms with E-state index in [1.54, 1.807) is 19.1 Å². The number of nitrogen functional groups attached to an aromatic ring is 2. The molecule has 0 unspecified atom stereocenters. The van der Waals surface area contributed by atoms with Crippen LogP contribution in [0, 0.1) is 0 Å². The van der Waals surface area contributed by atoms with Crippen LogP contribution in [0.5, 0.6) is 0 Å². The van der Waals surface area contributed by atoms with Gasteiger partial charge < -0.3 is 21.3 Å². The largest absolute Gasteiger partial charge is 0.465 e. The first-order chi connectivity index (χ1) is 18.8. The second-order valence-corrected chi connectivity index (χ2v) is 11.7. The quantitative estimate of drug-likeness (QED) is 0.112. The van der Waals surface area contributed by atoms with Crippen molar-refractivity contribution in [1.29, 1.82) is 0 Å². The van der Waals surface area contributed by atoms with Gasteiger partial charge in [0.15, 0.2) is 9.84 Å². The number of ether oxygens (including phenoxy) is 1. The third-order valence-electron chi connectivity index (χ3n) is 5.49. The van der Waals surface area contributed by atoms with Crippen LogP contribution in [0.4, 0.5) is 34.1 Å². The van der Waals surface area contributed by atoms with Crippen molar-refractivity contribution < 1.29 is 36.0 Å². The Hall–Kier alpha value is -4.25. The van der Waals surface area contributed by atoms with Gasteiger partial charge in [0.05, 0.1) is 47.0 Å². The van der Waals surface area contributed by atoms with Gasteiger partial charge in [-0.25, -0.2) is 13.2 Å². The summed E-state index contributed by atoms with van der Waals surface area (Å²) >= 11 is 0. The number of carbonyl (C=O) groups excluding carboxylic acids is 1. The lowest BCUT2D eigenvalue weighted by molar-refractivity contribution is 0.0601. The normalized spacial score (nSPS) is 12.3. The summed E-state index contributed by atoms with van der Waals surface area (Å²) in [7, 11) is -7.37. The number of sulfone groups is 1. The van der Waals surface area contributed by atoms with Crippen molar-refractivity contribution in [2.75, 3.05) is 24.3 Å². The molecule has 0 aliphatic rings. The van der Waals surface area contributed by atoms with E-state index in [0.29, 0.717) is 6.42 Å². The maximum atomic E-state index is 12.5. The number of benzene rings is 3. The Balaban J connectivity index is 2.19. The molecule has 0 amide bonds. The molecule has 40 heavy (non-hydrogen) atoms. The van der Waals surface area contributed by atoms with Crippen molar-refractivity contribution in [3.8, 4) is 0 Å². The first-order valence-electron chi connectivity index (χ1n) is 11.5. The second-order valence-electron chi connectivity index (χ2n) is 8.22. The lowest BCUT2D eigenvalue weighted by atomic mass is 10.2. The molecule has 0 saturated carbocycles. The van der Waals surface area contributed by atoms with Gasteiger partial charge in [-0.3, -0.25) is 4.55 Å². The van der Waals surface area contributed by atoms with Gasteiger partial charge in [0.25, 0.3) is 10.1 Å². The summed E-state index contributed by atoms with van der Waals surface area (Å²) < 4.78 is 63.6. The Kier molecular flexibility index (Phi) is 9.31. The summed E-state index contributed by atoms with van der Waals surface area (Å²) in [6.45, 7) is 1.19. The van der Waals surface area contributed by atoms with Crippen LogP contribution >= 0.6 is 0 Å². The second kappa shape index (κ2) is 12.3. The number of aliphatic hydroxyl groups is 1. The average Bonchev–Trinajstić information content (AvgIpc) is 2.91. The first-order valence-corrected chi connectivity index (χ1v) is 14.6. The van der Waals surface area contributed by atoms with Gasteiger partial charge in [0, 0.05) is 5.56 Å². The molecule has 212 valence electrons. The highest BCUT2D eigenvalue weighted by Crippen LogP contribution is 2.43. The third kappa shape index (κ3) is 6.66. The number of azo groups is 2.